The van der Waals surface area contributed by atoms with Gasteiger partial charge in [-0.05, 0) is 56.2 Å². The second-order valence-electron chi connectivity index (χ2n) is 8.14. The molecule has 0 unspecified atom stereocenters. The summed E-state index contributed by atoms with van der Waals surface area (Å²) >= 11 is 1.37. The Balaban J connectivity index is 1.54. The maximum atomic E-state index is 12.7. The Morgan fingerprint density at radius 1 is 1.06 bits per heavy atom. The van der Waals surface area contributed by atoms with Crippen LogP contribution in [0.4, 0.5) is 5.69 Å². The number of ketones is 1. The van der Waals surface area contributed by atoms with Crippen LogP contribution in [0.5, 0.6) is 5.75 Å². The molecule has 0 bridgehead atoms. The highest BCUT2D eigenvalue weighted by Crippen LogP contribution is 2.36. The molecule has 1 fully saturated rings. The van der Waals surface area contributed by atoms with Crippen LogP contribution in [0, 0.1) is 0 Å². The molecule has 1 aliphatic carbocycles. The first-order chi connectivity index (χ1) is 16.1. The van der Waals surface area contributed by atoms with Crippen LogP contribution in [0.1, 0.15) is 55.4 Å². The maximum Gasteiger partial charge on any atom is 0.234 e. The lowest BCUT2D eigenvalue weighted by Crippen LogP contribution is -2.18. The molecular formula is C25H28N4O3S. The number of hydrogen-bond donors (Lipinski definition) is 1. The van der Waals surface area contributed by atoms with Crippen molar-refractivity contribution in [1.29, 1.82) is 0 Å². The second-order valence-corrected chi connectivity index (χ2v) is 9.08. The molecule has 1 amide bonds. The summed E-state index contributed by atoms with van der Waals surface area (Å²) in [6, 6.07) is 15.2. The topological polar surface area (TPSA) is 86.1 Å². The number of benzene rings is 2. The van der Waals surface area contributed by atoms with E-state index in [0.29, 0.717) is 17.3 Å². The predicted molar refractivity (Wildman–Crippen MR) is 130 cm³/mol. The molecule has 8 heteroatoms. The zero-order valence-electron chi connectivity index (χ0n) is 18.9. The number of Topliss-reactive ketones (excluding diaryl/α,β-unsaturated/α-hetero) is 1. The SMILES string of the molecule is COc1ccc(-c2nnc(SCC(=O)Nc3ccccc3C(C)=O)n2C2CCCCC2)cc1. The van der Waals surface area contributed by atoms with Crippen molar-refractivity contribution in [3.05, 3.63) is 54.1 Å². The fraction of sp³-hybridized carbons (Fsp3) is 0.360. The molecule has 0 spiro atoms. The summed E-state index contributed by atoms with van der Waals surface area (Å²) in [7, 11) is 1.65. The molecule has 7 nitrogen and oxygen atoms in total. The lowest BCUT2D eigenvalue weighted by Gasteiger charge is -2.25. The number of rotatable bonds is 8. The Morgan fingerprint density at radius 2 is 1.79 bits per heavy atom. The summed E-state index contributed by atoms with van der Waals surface area (Å²) in [5.74, 6) is 1.52. The fourth-order valence-corrected chi connectivity index (χ4v) is 5.00. The number of carbonyl (C=O) groups is 2. The van der Waals surface area contributed by atoms with Crippen molar-refractivity contribution >= 4 is 29.1 Å². The molecule has 1 aliphatic rings. The van der Waals surface area contributed by atoms with Crippen LogP contribution in [0.25, 0.3) is 11.4 Å². The standard InChI is InChI=1S/C25H28N4O3S/c1-17(30)21-10-6-7-11-22(21)26-23(31)16-33-25-28-27-24(18-12-14-20(32-2)15-13-18)29(25)19-8-4-3-5-9-19/h6-7,10-15,19H,3-5,8-9,16H2,1-2H3,(H,26,31). The molecule has 1 N–H and O–H groups in total. The van der Waals surface area contributed by atoms with Gasteiger partial charge in [0.25, 0.3) is 0 Å². The molecule has 1 saturated carbocycles. The predicted octanol–water partition coefficient (Wildman–Crippen LogP) is 5.39. The van der Waals surface area contributed by atoms with Crippen LogP contribution in [-0.4, -0.2) is 39.3 Å². The third-order valence-electron chi connectivity index (χ3n) is 5.87. The van der Waals surface area contributed by atoms with Gasteiger partial charge in [-0.25, -0.2) is 0 Å². The first-order valence-corrected chi connectivity index (χ1v) is 12.2. The number of anilines is 1. The number of para-hydroxylation sites is 1. The molecular weight excluding hydrogens is 436 g/mol. The summed E-state index contributed by atoms with van der Waals surface area (Å²) in [4.78, 5) is 24.5. The number of nitrogens with one attached hydrogen (secondary N) is 1. The largest absolute Gasteiger partial charge is 0.497 e. The average molecular weight is 465 g/mol. The highest BCUT2D eigenvalue weighted by atomic mass is 32.2. The first kappa shape index (κ1) is 23.0. The molecule has 33 heavy (non-hydrogen) atoms. The van der Waals surface area contributed by atoms with E-state index in [2.05, 4.69) is 20.1 Å². The van der Waals surface area contributed by atoms with Crippen molar-refractivity contribution in [2.24, 2.45) is 0 Å². The second kappa shape index (κ2) is 10.7. The summed E-state index contributed by atoms with van der Waals surface area (Å²) in [6.45, 7) is 1.49. The highest BCUT2D eigenvalue weighted by molar-refractivity contribution is 7.99. The molecule has 2 aromatic carbocycles. The van der Waals surface area contributed by atoms with E-state index in [-0.39, 0.29) is 17.4 Å². The van der Waals surface area contributed by atoms with Gasteiger partial charge in [-0.15, -0.1) is 10.2 Å². The zero-order chi connectivity index (χ0) is 23.2. The van der Waals surface area contributed by atoms with E-state index < -0.39 is 0 Å². The van der Waals surface area contributed by atoms with Gasteiger partial charge in [0, 0.05) is 17.2 Å². The zero-order valence-corrected chi connectivity index (χ0v) is 19.7. The van der Waals surface area contributed by atoms with Gasteiger partial charge in [-0.1, -0.05) is 43.2 Å². The van der Waals surface area contributed by atoms with Gasteiger partial charge >= 0.3 is 0 Å². The Bertz CT molecular complexity index is 1120. The van der Waals surface area contributed by atoms with Gasteiger partial charge in [0.05, 0.1) is 18.6 Å². The van der Waals surface area contributed by atoms with E-state index in [0.717, 1.165) is 35.1 Å². The molecule has 1 aromatic heterocycles. The number of ether oxygens (including phenoxy) is 1. The molecule has 0 saturated heterocycles. The number of aromatic nitrogens is 3. The van der Waals surface area contributed by atoms with Gasteiger partial charge in [0.1, 0.15) is 5.75 Å². The number of methoxy groups -OCH3 is 1. The lowest BCUT2D eigenvalue weighted by atomic mass is 9.95. The summed E-state index contributed by atoms with van der Waals surface area (Å²) in [5.41, 5.74) is 2.01. The van der Waals surface area contributed by atoms with Crippen molar-refractivity contribution in [3.63, 3.8) is 0 Å². The summed E-state index contributed by atoms with van der Waals surface area (Å²) in [6.07, 6.45) is 5.76. The van der Waals surface area contributed by atoms with Crippen molar-refractivity contribution in [2.75, 3.05) is 18.2 Å². The smallest absolute Gasteiger partial charge is 0.234 e. The van der Waals surface area contributed by atoms with E-state index in [1.54, 1.807) is 31.4 Å². The molecule has 0 radical (unpaired) electrons. The number of amides is 1. The molecule has 4 rings (SSSR count). The van der Waals surface area contributed by atoms with Gasteiger partial charge in [-0.2, -0.15) is 0 Å². The van der Waals surface area contributed by atoms with Gasteiger partial charge in [-0.3, -0.25) is 14.2 Å². The van der Waals surface area contributed by atoms with Crippen LogP contribution >= 0.6 is 11.8 Å². The summed E-state index contributed by atoms with van der Waals surface area (Å²) in [5, 5.41) is 12.5. The molecule has 1 heterocycles. The Kier molecular flexibility index (Phi) is 7.44. The highest BCUT2D eigenvalue weighted by Gasteiger charge is 2.24. The average Bonchev–Trinajstić information content (AvgIpc) is 3.27. The molecule has 0 atom stereocenters. The Hall–Kier alpha value is -3.13. The van der Waals surface area contributed by atoms with Crippen molar-refractivity contribution in [3.8, 4) is 17.1 Å². The van der Waals surface area contributed by atoms with Crippen molar-refractivity contribution < 1.29 is 14.3 Å². The molecule has 172 valence electrons. The monoisotopic (exact) mass is 464 g/mol. The Labute approximate surface area is 197 Å². The third-order valence-corrected chi connectivity index (χ3v) is 6.81. The third kappa shape index (κ3) is 5.45. The maximum absolute atomic E-state index is 12.7. The molecule has 3 aromatic rings. The van der Waals surface area contributed by atoms with Crippen LogP contribution in [0.2, 0.25) is 0 Å². The summed E-state index contributed by atoms with van der Waals surface area (Å²) < 4.78 is 7.48. The van der Waals surface area contributed by atoms with E-state index in [1.165, 1.54) is 37.9 Å². The van der Waals surface area contributed by atoms with Gasteiger partial charge in [0.2, 0.25) is 5.91 Å². The normalized spacial score (nSPS) is 14.1. The van der Waals surface area contributed by atoms with Gasteiger partial charge in [0.15, 0.2) is 16.8 Å². The van der Waals surface area contributed by atoms with Crippen LogP contribution < -0.4 is 10.1 Å². The number of thioether (sulfide) groups is 1. The number of hydrogen-bond acceptors (Lipinski definition) is 6. The van der Waals surface area contributed by atoms with Crippen LogP contribution in [-0.2, 0) is 4.79 Å². The minimum Gasteiger partial charge on any atom is -0.497 e. The van der Waals surface area contributed by atoms with E-state index in [1.807, 2.05) is 24.3 Å². The molecule has 0 aliphatic heterocycles. The Morgan fingerprint density at radius 3 is 2.48 bits per heavy atom. The van der Waals surface area contributed by atoms with Crippen molar-refractivity contribution in [1.82, 2.24) is 14.8 Å². The van der Waals surface area contributed by atoms with Crippen LogP contribution in [0.15, 0.2) is 53.7 Å². The lowest BCUT2D eigenvalue weighted by molar-refractivity contribution is -0.113. The first-order valence-electron chi connectivity index (χ1n) is 11.2. The van der Waals surface area contributed by atoms with E-state index in [4.69, 9.17) is 4.74 Å². The number of carbonyl (C=O) groups excluding carboxylic acids is 2. The van der Waals surface area contributed by atoms with E-state index >= 15 is 0 Å². The quantitative estimate of drug-likeness (QED) is 0.355. The minimum atomic E-state index is -0.183. The van der Waals surface area contributed by atoms with Crippen LogP contribution in [0.3, 0.4) is 0 Å². The minimum absolute atomic E-state index is 0.0836. The fourth-order valence-electron chi connectivity index (χ4n) is 4.20. The number of nitrogens with zero attached hydrogens (tertiary/aromatic N) is 3. The van der Waals surface area contributed by atoms with Crippen molar-refractivity contribution in [2.45, 2.75) is 50.2 Å². The van der Waals surface area contributed by atoms with Gasteiger partial charge < -0.3 is 10.1 Å². The van der Waals surface area contributed by atoms with E-state index in [9.17, 15) is 9.59 Å².